The first-order valence-corrected chi connectivity index (χ1v) is 8.32. The van der Waals surface area contributed by atoms with Gasteiger partial charge >= 0.3 is 6.09 Å². The van der Waals surface area contributed by atoms with Crippen molar-refractivity contribution in [1.29, 1.82) is 0 Å². The number of para-hydroxylation sites is 1. The fourth-order valence-electron chi connectivity index (χ4n) is 2.44. The molecule has 1 saturated carbocycles. The second kappa shape index (κ2) is 5.76. The van der Waals surface area contributed by atoms with E-state index < -0.39 is 5.60 Å². The molecule has 0 spiro atoms. The molecule has 0 saturated heterocycles. The smallest absolute Gasteiger partial charge is 0.407 e. The number of nitrogens with one attached hydrogen (secondary N) is 2. The predicted octanol–water partition coefficient (Wildman–Crippen LogP) is 3.76. The van der Waals surface area contributed by atoms with Gasteiger partial charge in [-0.25, -0.2) is 9.78 Å². The van der Waals surface area contributed by atoms with Crippen LogP contribution in [-0.2, 0) is 4.74 Å². The minimum atomic E-state index is -0.452. The van der Waals surface area contributed by atoms with E-state index in [-0.39, 0.29) is 12.1 Å². The van der Waals surface area contributed by atoms with Crippen LogP contribution in [0.25, 0.3) is 10.2 Å². The lowest BCUT2D eigenvalue weighted by Gasteiger charge is -2.36. The number of hydrogen-bond acceptors (Lipinski definition) is 5. The predicted molar refractivity (Wildman–Crippen MR) is 89.4 cm³/mol. The van der Waals surface area contributed by atoms with Crippen molar-refractivity contribution >= 4 is 32.8 Å². The number of ether oxygens (including phenoxy) is 1. The van der Waals surface area contributed by atoms with Crippen LogP contribution in [0.15, 0.2) is 24.3 Å². The molecule has 5 nitrogen and oxygen atoms in total. The van der Waals surface area contributed by atoms with Crippen molar-refractivity contribution in [2.45, 2.75) is 51.3 Å². The number of alkyl carbamates (subject to hydrolysis) is 1. The normalized spacial score (nSPS) is 21.2. The van der Waals surface area contributed by atoms with Crippen molar-refractivity contribution < 1.29 is 9.53 Å². The van der Waals surface area contributed by atoms with Crippen LogP contribution >= 0.6 is 11.3 Å². The third-order valence-corrected chi connectivity index (χ3v) is 4.45. The highest BCUT2D eigenvalue weighted by molar-refractivity contribution is 7.22. The van der Waals surface area contributed by atoms with Gasteiger partial charge in [-0.15, -0.1) is 0 Å². The van der Waals surface area contributed by atoms with Crippen LogP contribution in [0.1, 0.15) is 33.6 Å². The van der Waals surface area contributed by atoms with Gasteiger partial charge in [0.15, 0.2) is 5.13 Å². The summed E-state index contributed by atoms with van der Waals surface area (Å²) >= 11 is 1.66. The number of thiazole rings is 1. The van der Waals surface area contributed by atoms with Crippen molar-refractivity contribution in [3.63, 3.8) is 0 Å². The Labute approximate surface area is 134 Å². The van der Waals surface area contributed by atoms with Crippen LogP contribution in [0.2, 0.25) is 0 Å². The molecule has 1 aromatic heterocycles. The highest BCUT2D eigenvalue weighted by Gasteiger charge is 2.32. The zero-order valence-corrected chi connectivity index (χ0v) is 13.9. The van der Waals surface area contributed by atoms with Gasteiger partial charge in [0, 0.05) is 12.1 Å². The number of anilines is 1. The van der Waals surface area contributed by atoms with E-state index in [1.165, 1.54) is 4.70 Å². The molecule has 1 fully saturated rings. The van der Waals surface area contributed by atoms with Gasteiger partial charge in [-0.3, -0.25) is 0 Å². The van der Waals surface area contributed by atoms with E-state index in [9.17, 15) is 4.79 Å². The van der Waals surface area contributed by atoms with Crippen LogP contribution in [0.3, 0.4) is 0 Å². The highest BCUT2D eigenvalue weighted by atomic mass is 32.1. The zero-order chi connectivity index (χ0) is 15.7. The quantitative estimate of drug-likeness (QED) is 0.904. The van der Waals surface area contributed by atoms with E-state index in [2.05, 4.69) is 21.7 Å². The van der Waals surface area contributed by atoms with Gasteiger partial charge in [0.1, 0.15) is 5.60 Å². The maximum Gasteiger partial charge on any atom is 0.407 e. The monoisotopic (exact) mass is 319 g/mol. The maximum absolute atomic E-state index is 11.7. The summed E-state index contributed by atoms with van der Waals surface area (Å²) in [6, 6.07) is 8.66. The van der Waals surface area contributed by atoms with Crippen molar-refractivity contribution in [2.24, 2.45) is 0 Å². The zero-order valence-electron chi connectivity index (χ0n) is 13.1. The minimum Gasteiger partial charge on any atom is -0.444 e. The molecule has 3 rings (SSSR count). The van der Waals surface area contributed by atoms with Crippen LogP contribution in [0.4, 0.5) is 9.93 Å². The summed E-state index contributed by atoms with van der Waals surface area (Å²) in [5.41, 5.74) is 0.574. The molecule has 1 aliphatic carbocycles. The Bertz CT molecular complexity index is 638. The van der Waals surface area contributed by atoms with E-state index >= 15 is 0 Å². The van der Waals surface area contributed by atoms with E-state index in [0.29, 0.717) is 6.04 Å². The summed E-state index contributed by atoms with van der Waals surface area (Å²) in [5, 5.41) is 7.28. The molecule has 1 heterocycles. The number of benzene rings is 1. The average Bonchev–Trinajstić information content (AvgIpc) is 2.76. The summed E-state index contributed by atoms with van der Waals surface area (Å²) < 4.78 is 6.44. The van der Waals surface area contributed by atoms with E-state index in [4.69, 9.17) is 4.74 Å². The summed E-state index contributed by atoms with van der Waals surface area (Å²) in [6.07, 6.45) is 1.46. The Morgan fingerprint density at radius 2 is 2.00 bits per heavy atom. The van der Waals surface area contributed by atoms with Gasteiger partial charge in [0.2, 0.25) is 0 Å². The molecular formula is C16H21N3O2S. The molecule has 0 radical (unpaired) electrons. The van der Waals surface area contributed by atoms with E-state index in [1.807, 2.05) is 39.0 Å². The molecule has 22 heavy (non-hydrogen) atoms. The Hall–Kier alpha value is -1.82. The average molecular weight is 319 g/mol. The van der Waals surface area contributed by atoms with Gasteiger partial charge in [-0.05, 0) is 45.7 Å². The highest BCUT2D eigenvalue weighted by Crippen LogP contribution is 2.30. The van der Waals surface area contributed by atoms with Gasteiger partial charge in [0.25, 0.3) is 0 Å². The van der Waals surface area contributed by atoms with Crippen molar-refractivity contribution in [3.8, 4) is 0 Å². The number of nitrogens with zero attached hydrogens (tertiary/aromatic N) is 1. The molecule has 2 N–H and O–H groups in total. The van der Waals surface area contributed by atoms with Crippen LogP contribution in [0.5, 0.6) is 0 Å². The number of amides is 1. The van der Waals surface area contributed by atoms with Crippen LogP contribution in [-0.4, -0.2) is 28.8 Å². The standard InChI is InChI=1S/C16H21N3O2S/c1-16(2,3)21-15(20)18-11-8-10(9-11)17-14-19-12-6-4-5-7-13(12)22-14/h4-7,10-11H,8-9H2,1-3H3,(H,17,19)(H,18,20)/t10-,11-. The Morgan fingerprint density at radius 3 is 2.68 bits per heavy atom. The topological polar surface area (TPSA) is 63.2 Å². The molecule has 1 amide bonds. The lowest BCUT2D eigenvalue weighted by molar-refractivity contribution is 0.0475. The number of carbonyl (C=O) groups is 1. The number of carbonyl (C=O) groups excluding carboxylic acids is 1. The molecular weight excluding hydrogens is 298 g/mol. The number of hydrogen-bond donors (Lipinski definition) is 2. The molecule has 0 unspecified atom stereocenters. The summed E-state index contributed by atoms with van der Waals surface area (Å²) in [5.74, 6) is 0. The first kappa shape index (κ1) is 15.1. The van der Waals surface area contributed by atoms with Gasteiger partial charge in [-0.1, -0.05) is 23.5 Å². The summed E-state index contributed by atoms with van der Waals surface area (Å²) in [4.78, 5) is 16.2. The van der Waals surface area contributed by atoms with Crippen molar-refractivity contribution in [2.75, 3.05) is 5.32 Å². The SMILES string of the molecule is CC(C)(C)OC(=O)N[C@H]1C[C@H](Nc2nc3ccccc3s2)C1. The molecule has 2 aromatic rings. The van der Waals surface area contributed by atoms with Gasteiger partial charge < -0.3 is 15.4 Å². The first-order valence-electron chi connectivity index (χ1n) is 7.51. The Kier molecular flexibility index (Phi) is 3.95. The van der Waals surface area contributed by atoms with Gasteiger partial charge in [0.05, 0.1) is 10.2 Å². The third-order valence-electron chi connectivity index (χ3n) is 3.48. The van der Waals surface area contributed by atoms with Gasteiger partial charge in [-0.2, -0.15) is 0 Å². The minimum absolute atomic E-state index is 0.182. The molecule has 118 valence electrons. The van der Waals surface area contributed by atoms with Crippen molar-refractivity contribution in [3.05, 3.63) is 24.3 Å². The lowest BCUT2D eigenvalue weighted by atomic mass is 9.87. The Balaban J connectivity index is 1.46. The number of fused-ring (bicyclic) bond motifs is 1. The molecule has 6 heteroatoms. The Morgan fingerprint density at radius 1 is 1.27 bits per heavy atom. The molecule has 1 aromatic carbocycles. The van der Waals surface area contributed by atoms with E-state index in [1.54, 1.807) is 11.3 Å². The first-order chi connectivity index (χ1) is 10.4. The second-order valence-electron chi connectivity index (χ2n) is 6.64. The second-order valence-corrected chi connectivity index (χ2v) is 7.67. The van der Waals surface area contributed by atoms with E-state index in [0.717, 1.165) is 23.5 Å². The summed E-state index contributed by atoms with van der Waals surface area (Å²) in [6.45, 7) is 5.60. The number of rotatable bonds is 3. The maximum atomic E-state index is 11.7. The molecule has 0 bridgehead atoms. The largest absolute Gasteiger partial charge is 0.444 e. The fraction of sp³-hybridized carbons (Fsp3) is 0.500. The number of aromatic nitrogens is 1. The molecule has 0 aliphatic heterocycles. The van der Waals surface area contributed by atoms with Crippen molar-refractivity contribution in [1.82, 2.24) is 10.3 Å². The summed E-state index contributed by atoms with van der Waals surface area (Å²) in [7, 11) is 0. The van der Waals surface area contributed by atoms with Crippen LogP contribution < -0.4 is 10.6 Å². The van der Waals surface area contributed by atoms with Crippen LogP contribution in [0, 0.1) is 0 Å². The molecule has 1 aliphatic rings. The fourth-order valence-corrected chi connectivity index (χ4v) is 3.38. The lowest BCUT2D eigenvalue weighted by Crippen LogP contribution is -2.50. The molecule has 0 atom stereocenters. The third kappa shape index (κ3) is 3.68.